The fourth-order valence-electron chi connectivity index (χ4n) is 2.85. The van der Waals surface area contributed by atoms with Crippen LogP contribution in [0.25, 0.3) is 0 Å². The first-order chi connectivity index (χ1) is 9.81. The first-order valence-corrected chi connectivity index (χ1v) is 7.40. The Labute approximate surface area is 125 Å². The molecule has 1 aliphatic heterocycles. The van der Waals surface area contributed by atoms with Crippen LogP contribution in [0.1, 0.15) is 46.5 Å². The molecule has 0 spiro atoms. The van der Waals surface area contributed by atoms with Crippen molar-refractivity contribution in [2.75, 3.05) is 13.1 Å². The van der Waals surface area contributed by atoms with Gasteiger partial charge in [-0.05, 0) is 39.7 Å². The van der Waals surface area contributed by atoms with E-state index in [1.165, 1.54) is 0 Å². The van der Waals surface area contributed by atoms with Crippen LogP contribution in [0.15, 0.2) is 0 Å². The highest BCUT2D eigenvalue weighted by atomic mass is 16.4. The van der Waals surface area contributed by atoms with Crippen molar-refractivity contribution < 1.29 is 19.5 Å². The summed E-state index contributed by atoms with van der Waals surface area (Å²) in [5, 5.41) is 14.3. The van der Waals surface area contributed by atoms with Crippen molar-refractivity contribution in [1.82, 2.24) is 15.5 Å². The molecule has 7 nitrogen and oxygen atoms in total. The Kier molecular flexibility index (Phi) is 6.14. The summed E-state index contributed by atoms with van der Waals surface area (Å²) in [4.78, 5) is 36.7. The number of imide groups is 1. The third kappa shape index (κ3) is 4.42. The van der Waals surface area contributed by atoms with E-state index in [4.69, 9.17) is 0 Å². The van der Waals surface area contributed by atoms with Crippen LogP contribution in [-0.4, -0.2) is 52.6 Å². The number of carbonyl (C=O) groups is 3. The molecule has 3 amide bonds. The van der Waals surface area contributed by atoms with Gasteiger partial charge in [0.1, 0.15) is 5.54 Å². The van der Waals surface area contributed by atoms with E-state index in [-0.39, 0.29) is 12.6 Å². The second-order valence-corrected chi connectivity index (χ2v) is 5.79. The monoisotopic (exact) mass is 299 g/mol. The van der Waals surface area contributed by atoms with E-state index in [9.17, 15) is 19.5 Å². The molecule has 7 heteroatoms. The molecule has 1 unspecified atom stereocenters. The molecule has 21 heavy (non-hydrogen) atoms. The SMILES string of the molecule is CCCC1(C(=O)O)CCCN1CC(=O)NC(=O)NC(C)C. The van der Waals surface area contributed by atoms with E-state index in [0.29, 0.717) is 19.4 Å². The van der Waals surface area contributed by atoms with Crippen molar-refractivity contribution in [2.24, 2.45) is 0 Å². The van der Waals surface area contributed by atoms with Crippen molar-refractivity contribution in [3.8, 4) is 0 Å². The summed E-state index contributed by atoms with van der Waals surface area (Å²) in [5.41, 5.74) is -0.972. The van der Waals surface area contributed by atoms with E-state index in [1.807, 2.05) is 6.92 Å². The molecule has 1 fully saturated rings. The summed E-state index contributed by atoms with van der Waals surface area (Å²) in [6.45, 7) is 6.00. The average Bonchev–Trinajstić information content (AvgIpc) is 2.72. The van der Waals surface area contributed by atoms with Crippen LogP contribution < -0.4 is 10.6 Å². The molecule has 1 aliphatic rings. The van der Waals surface area contributed by atoms with Crippen molar-refractivity contribution >= 4 is 17.9 Å². The van der Waals surface area contributed by atoms with Crippen LogP contribution in [0.4, 0.5) is 4.79 Å². The topological polar surface area (TPSA) is 98.7 Å². The zero-order valence-corrected chi connectivity index (χ0v) is 12.9. The number of carbonyl (C=O) groups excluding carboxylic acids is 2. The molecule has 0 aromatic rings. The van der Waals surface area contributed by atoms with Crippen LogP contribution in [0.3, 0.4) is 0 Å². The normalized spacial score (nSPS) is 22.3. The number of likely N-dealkylation sites (tertiary alicyclic amines) is 1. The molecule has 3 N–H and O–H groups in total. The third-order valence-corrected chi connectivity index (χ3v) is 3.69. The summed E-state index contributed by atoms with van der Waals surface area (Å²) in [6, 6.07) is -0.617. The number of nitrogens with one attached hydrogen (secondary N) is 2. The van der Waals surface area contributed by atoms with Gasteiger partial charge in [0.2, 0.25) is 5.91 Å². The minimum atomic E-state index is -0.972. The molecule has 1 rings (SSSR count). The second kappa shape index (κ2) is 7.40. The van der Waals surface area contributed by atoms with Crippen molar-refractivity contribution in [3.05, 3.63) is 0 Å². The van der Waals surface area contributed by atoms with E-state index in [0.717, 1.165) is 12.8 Å². The summed E-state index contributed by atoms with van der Waals surface area (Å²) in [5.74, 6) is -1.36. The quantitative estimate of drug-likeness (QED) is 0.678. The lowest BCUT2D eigenvalue weighted by Crippen LogP contribution is -2.54. The van der Waals surface area contributed by atoms with Gasteiger partial charge >= 0.3 is 12.0 Å². The van der Waals surface area contributed by atoms with E-state index >= 15 is 0 Å². The molecule has 120 valence electrons. The molecule has 0 bridgehead atoms. The molecule has 0 saturated carbocycles. The molecular formula is C14H25N3O4. The first-order valence-electron chi connectivity index (χ1n) is 7.40. The van der Waals surface area contributed by atoms with Gasteiger partial charge in [-0.1, -0.05) is 13.3 Å². The predicted molar refractivity (Wildman–Crippen MR) is 77.9 cm³/mol. The number of carboxylic acid groups (broad SMARTS) is 1. The number of amides is 3. The Hall–Kier alpha value is -1.63. The minimum absolute atomic E-state index is 0.0669. The molecular weight excluding hydrogens is 274 g/mol. The summed E-state index contributed by atoms with van der Waals surface area (Å²) in [6.07, 6.45) is 2.53. The number of urea groups is 1. The highest BCUT2D eigenvalue weighted by Crippen LogP contribution is 2.33. The number of carboxylic acids is 1. The van der Waals surface area contributed by atoms with E-state index in [1.54, 1.807) is 18.7 Å². The molecule has 0 radical (unpaired) electrons. The van der Waals surface area contributed by atoms with Crippen molar-refractivity contribution in [2.45, 2.75) is 58.0 Å². The van der Waals surface area contributed by atoms with Crippen LogP contribution in [0, 0.1) is 0 Å². The number of aliphatic carboxylic acids is 1. The van der Waals surface area contributed by atoms with Crippen LogP contribution in [0.2, 0.25) is 0 Å². The second-order valence-electron chi connectivity index (χ2n) is 5.79. The third-order valence-electron chi connectivity index (χ3n) is 3.69. The molecule has 1 heterocycles. The van der Waals surface area contributed by atoms with Gasteiger partial charge in [-0.2, -0.15) is 0 Å². The van der Waals surface area contributed by atoms with Crippen molar-refractivity contribution in [3.63, 3.8) is 0 Å². The molecule has 0 aromatic carbocycles. The largest absolute Gasteiger partial charge is 0.480 e. The minimum Gasteiger partial charge on any atom is -0.480 e. The maximum atomic E-state index is 11.9. The molecule has 0 aliphatic carbocycles. The van der Waals surface area contributed by atoms with Gasteiger partial charge in [-0.25, -0.2) is 4.79 Å². The highest BCUT2D eigenvalue weighted by Gasteiger charge is 2.47. The Balaban J connectivity index is 2.65. The lowest BCUT2D eigenvalue weighted by Gasteiger charge is -2.34. The first kappa shape index (κ1) is 17.4. The number of hydrogen-bond acceptors (Lipinski definition) is 4. The smallest absolute Gasteiger partial charge is 0.324 e. The van der Waals surface area contributed by atoms with E-state index < -0.39 is 23.4 Å². The zero-order valence-electron chi connectivity index (χ0n) is 12.9. The predicted octanol–water partition coefficient (Wildman–Crippen LogP) is 0.940. The summed E-state index contributed by atoms with van der Waals surface area (Å²) < 4.78 is 0. The van der Waals surface area contributed by atoms with Gasteiger partial charge in [0.25, 0.3) is 0 Å². The van der Waals surface area contributed by atoms with Gasteiger partial charge in [-0.3, -0.25) is 19.8 Å². The maximum Gasteiger partial charge on any atom is 0.324 e. The summed E-state index contributed by atoms with van der Waals surface area (Å²) >= 11 is 0. The number of hydrogen-bond donors (Lipinski definition) is 3. The van der Waals surface area contributed by atoms with Gasteiger partial charge in [0, 0.05) is 6.04 Å². The van der Waals surface area contributed by atoms with Crippen LogP contribution >= 0.6 is 0 Å². The van der Waals surface area contributed by atoms with Crippen LogP contribution in [0.5, 0.6) is 0 Å². The highest BCUT2D eigenvalue weighted by molar-refractivity contribution is 5.95. The van der Waals surface area contributed by atoms with Gasteiger partial charge in [0.05, 0.1) is 6.54 Å². The maximum absolute atomic E-state index is 11.9. The molecule has 1 saturated heterocycles. The van der Waals surface area contributed by atoms with Gasteiger partial charge in [0.15, 0.2) is 0 Å². The van der Waals surface area contributed by atoms with Crippen molar-refractivity contribution in [1.29, 1.82) is 0 Å². The van der Waals surface area contributed by atoms with Gasteiger partial charge in [-0.15, -0.1) is 0 Å². The fourth-order valence-corrected chi connectivity index (χ4v) is 2.85. The Morgan fingerprint density at radius 1 is 1.33 bits per heavy atom. The van der Waals surface area contributed by atoms with Crippen LogP contribution in [-0.2, 0) is 9.59 Å². The Morgan fingerprint density at radius 3 is 2.52 bits per heavy atom. The van der Waals surface area contributed by atoms with E-state index in [2.05, 4.69) is 10.6 Å². The standard InChI is InChI=1S/C14H25N3O4/c1-4-6-14(12(19)20)7-5-8-17(14)9-11(18)16-13(21)15-10(2)3/h10H,4-9H2,1-3H3,(H,19,20)(H2,15,16,18,21). The number of nitrogens with zero attached hydrogens (tertiary/aromatic N) is 1. The fraction of sp³-hybridized carbons (Fsp3) is 0.786. The lowest BCUT2D eigenvalue weighted by molar-refractivity contribution is -0.150. The average molecular weight is 299 g/mol. The lowest BCUT2D eigenvalue weighted by atomic mass is 9.90. The Bertz CT molecular complexity index is 411. The summed E-state index contributed by atoms with van der Waals surface area (Å²) in [7, 11) is 0. The molecule has 1 atom stereocenters. The number of rotatable bonds is 6. The van der Waals surface area contributed by atoms with Gasteiger partial charge < -0.3 is 10.4 Å². The Morgan fingerprint density at radius 2 is 2.00 bits per heavy atom. The molecule has 0 aromatic heterocycles. The zero-order chi connectivity index (χ0) is 16.0.